The van der Waals surface area contributed by atoms with Gasteiger partial charge in [0.2, 0.25) is 0 Å². The molecule has 0 aliphatic heterocycles. The number of nitrogens with zero attached hydrogens (tertiary/aromatic N) is 1. The SMILES string of the molecule is Cl.NC(CCC(=O)O)c1ccccn1. The molecule has 1 rings (SSSR count). The number of rotatable bonds is 4. The molecule has 1 aromatic heterocycles. The van der Waals surface area contributed by atoms with Crippen LogP contribution in [0.2, 0.25) is 0 Å². The fourth-order valence-electron chi connectivity index (χ4n) is 1.02. The summed E-state index contributed by atoms with van der Waals surface area (Å²) in [5.41, 5.74) is 6.46. The normalized spacial score (nSPS) is 11.5. The van der Waals surface area contributed by atoms with Gasteiger partial charge < -0.3 is 10.8 Å². The summed E-state index contributed by atoms with van der Waals surface area (Å²) < 4.78 is 0. The van der Waals surface area contributed by atoms with Crippen molar-refractivity contribution in [2.45, 2.75) is 18.9 Å². The summed E-state index contributed by atoms with van der Waals surface area (Å²) in [6.07, 6.45) is 2.15. The van der Waals surface area contributed by atoms with Crippen LogP contribution < -0.4 is 5.73 Å². The summed E-state index contributed by atoms with van der Waals surface area (Å²) in [5, 5.41) is 8.43. The molecular formula is C9H13ClN2O2. The van der Waals surface area contributed by atoms with E-state index in [0.717, 1.165) is 5.69 Å². The number of halogens is 1. The second-order valence-corrected chi connectivity index (χ2v) is 2.79. The highest BCUT2D eigenvalue weighted by Crippen LogP contribution is 2.11. The molecule has 0 aliphatic rings. The summed E-state index contributed by atoms with van der Waals surface area (Å²) in [6, 6.07) is 5.15. The van der Waals surface area contributed by atoms with Gasteiger partial charge in [0.1, 0.15) is 0 Å². The minimum Gasteiger partial charge on any atom is -0.481 e. The Balaban J connectivity index is 0.00000169. The summed E-state index contributed by atoms with van der Waals surface area (Å²) in [5.74, 6) is -0.827. The quantitative estimate of drug-likeness (QED) is 0.797. The first-order valence-electron chi connectivity index (χ1n) is 4.08. The minimum absolute atomic E-state index is 0. The molecule has 0 fully saturated rings. The van der Waals surface area contributed by atoms with Crippen LogP contribution in [-0.2, 0) is 4.79 Å². The highest BCUT2D eigenvalue weighted by Gasteiger charge is 2.08. The Labute approximate surface area is 88.6 Å². The Kier molecular flexibility index (Phi) is 5.83. The first-order valence-corrected chi connectivity index (χ1v) is 4.08. The summed E-state index contributed by atoms with van der Waals surface area (Å²) in [6.45, 7) is 0. The number of pyridine rings is 1. The molecule has 0 saturated heterocycles. The van der Waals surface area contributed by atoms with Gasteiger partial charge in [-0.05, 0) is 18.6 Å². The van der Waals surface area contributed by atoms with E-state index in [9.17, 15) is 4.79 Å². The lowest BCUT2D eigenvalue weighted by atomic mass is 10.1. The Bertz CT molecular complexity index is 279. The first-order chi connectivity index (χ1) is 6.20. The Hall–Kier alpha value is -1.13. The fourth-order valence-corrected chi connectivity index (χ4v) is 1.02. The van der Waals surface area contributed by atoms with E-state index in [2.05, 4.69) is 4.98 Å². The molecule has 78 valence electrons. The highest BCUT2D eigenvalue weighted by molar-refractivity contribution is 5.85. The van der Waals surface area contributed by atoms with E-state index in [1.165, 1.54) is 0 Å². The number of carboxylic acids is 1. The number of nitrogens with two attached hydrogens (primary N) is 1. The zero-order valence-corrected chi connectivity index (χ0v) is 8.41. The predicted octanol–water partition coefficient (Wildman–Crippen LogP) is 1.37. The molecule has 0 spiro atoms. The number of carbonyl (C=O) groups is 1. The van der Waals surface area contributed by atoms with Crippen LogP contribution in [0.15, 0.2) is 24.4 Å². The molecule has 1 atom stereocenters. The van der Waals surface area contributed by atoms with Gasteiger partial charge in [0.15, 0.2) is 0 Å². The van der Waals surface area contributed by atoms with Gasteiger partial charge in [-0.15, -0.1) is 12.4 Å². The second-order valence-electron chi connectivity index (χ2n) is 2.79. The number of hydrogen-bond donors (Lipinski definition) is 2. The van der Waals surface area contributed by atoms with Crippen LogP contribution in [0.4, 0.5) is 0 Å². The van der Waals surface area contributed by atoms with Crippen molar-refractivity contribution in [1.29, 1.82) is 0 Å². The number of carboxylic acid groups (broad SMARTS) is 1. The molecule has 1 heterocycles. The highest BCUT2D eigenvalue weighted by atomic mass is 35.5. The maximum Gasteiger partial charge on any atom is 0.303 e. The van der Waals surface area contributed by atoms with Gasteiger partial charge >= 0.3 is 5.97 Å². The van der Waals surface area contributed by atoms with Crippen LogP contribution in [0.1, 0.15) is 24.6 Å². The van der Waals surface area contributed by atoms with Crippen molar-refractivity contribution in [3.8, 4) is 0 Å². The Morgan fingerprint density at radius 1 is 1.57 bits per heavy atom. The first kappa shape index (κ1) is 12.9. The van der Waals surface area contributed by atoms with E-state index in [4.69, 9.17) is 10.8 Å². The molecule has 1 unspecified atom stereocenters. The number of aliphatic carboxylic acids is 1. The molecule has 0 radical (unpaired) electrons. The predicted molar refractivity (Wildman–Crippen MR) is 55.3 cm³/mol. The number of aromatic nitrogens is 1. The molecule has 0 amide bonds. The van der Waals surface area contributed by atoms with Gasteiger partial charge in [-0.1, -0.05) is 6.07 Å². The smallest absolute Gasteiger partial charge is 0.303 e. The van der Waals surface area contributed by atoms with Crippen molar-refractivity contribution < 1.29 is 9.90 Å². The lowest BCUT2D eigenvalue weighted by Gasteiger charge is -2.08. The third-order valence-electron chi connectivity index (χ3n) is 1.74. The van der Waals surface area contributed by atoms with Crippen molar-refractivity contribution in [2.24, 2.45) is 5.73 Å². The monoisotopic (exact) mass is 216 g/mol. The molecule has 5 heteroatoms. The van der Waals surface area contributed by atoms with E-state index in [1.54, 1.807) is 18.3 Å². The minimum atomic E-state index is -0.827. The summed E-state index contributed by atoms with van der Waals surface area (Å²) in [7, 11) is 0. The van der Waals surface area contributed by atoms with Crippen LogP contribution in [0.5, 0.6) is 0 Å². The van der Waals surface area contributed by atoms with E-state index < -0.39 is 5.97 Å². The van der Waals surface area contributed by atoms with Crippen LogP contribution in [0, 0.1) is 0 Å². The van der Waals surface area contributed by atoms with Gasteiger partial charge in [0.05, 0.1) is 5.69 Å². The third-order valence-corrected chi connectivity index (χ3v) is 1.74. The van der Waals surface area contributed by atoms with Crippen LogP contribution in [0.3, 0.4) is 0 Å². The van der Waals surface area contributed by atoms with E-state index in [-0.39, 0.29) is 24.9 Å². The van der Waals surface area contributed by atoms with E-state index in [1.807, 2.05) is 6.07 Å². The van der Waals surface area contributed by atoms with E-state index in [0.29, 0.717) is 6.42 Å². The van der Waals surface area contributed by atoms with Crippen molar-refractivity contribution in [3.05, 3.63) is 30.1 Å². The van der Waals surface area contributed by atoms with Crippen molar-refractivity contribution in [1.82, 2.24) is 4.98 Å². The van der Waals surface area contributed by atoms with Crippen molar-refractivity contribution in [2.75, 3.05) is 0 Å². The van der Waals surface area contributed by atoms with Gasteiger partial charge in [0.25, 0.3) is 0 Å². The van der Waals surface area contributed by atoms with Crippen LogP contribution in [-0.4, -0.2) is 16.1 Å². The Morgan fingerprint density at radius 3 is 2.79 bits per heavy atom. The van der Waals surface area contributed by atoms with E-state index >= 15 is 0 Å². The average molecular weight is 217 g/mol. The zero-order valence-electron chi connectivity index (χ0n) is 7.59. The van der Waals surface area contributed by atoms with Crippen LogP contribution in [0.25, 0.3) is 0 Å². The average Bonchev–Trinajstić information content (AvgIpc) is 2.15. The van der Waals surface area contributed by atoms with Gasteiger partial charge in [-0.2, -0.15) is 0 Å². The summed E-state index contributed by atoms with van der Waals surface area (Å²) in [4.78, 5) is 14.3. The van der Waals surface area contributed by atoms with Crippen LogP contribution >= 0.6 is 12.4 Å². The fraction of sp³-hybridized carbons (Fsp3) is 0.333. The second kappa shape index (κ2) is 6.34. The number of hydrogen-bond acceptors (Lipinski definition) is 3. The third kappa shape index (κ3) is 4.20. The molecular weight excluding hydrogens is 204 g/mol. The maximum atomic E-state index is 10.3. The van der Waals surface area contributed by atoms with Gasteiger partial charge in [0, 0.05) is 18.7 Å². The molecule has 0 saturated carbocycles. The zero-order chi connectivity index (χ0) is 9.68. The maximum absolute atomic E-state index is 10.3. The van der Waals surface area contributed by atoms with Crippen molar-refractivity contribution >= 4 is 18.4 Å². The molecule has 0 aliphatic carbocycles. The van der Waals surface area contributed by atoms with Crippen molar-refractivity contribution in [3.63, 3.8) is 0 Å². The van der Waals surface area contributed by atoms with Gasteiger partial charge in [-0.25, -0.2) is 0 Å². The lowest BCUT2D eigenvalue weighted by Crippen LogP contribution is -2.13. The lowest BCUT2D eigenvalue weighted by molar-refractivity contribution is -0.137. The molecule has 0 aromatic carbocycles. The molecule has 4 nitrogen and oxygen atoms in total. The topological polar surface area (TPSA) is 76.2 Å². The molecule has 14 heavy (non-hydrogen) atoms. The largest absolute Gasteiger partial charge is 0.481 e. The standard InChI is InChI=1S/C9H12N2O2.ClH/c10-7(4-5-9(12)13)8-3-1-2-6-11-8;/h1-3,6-7H,4-5,10H2,(H,12,13);1H. The molecule has 3 N–H and O–H groups in total. The molecule has 1 aromatic rings. The van der Waals surface area contributed by atoms with Gasteiger partial charge in [-0.3, -0.25) is 9.78 Å². The summed E-state index contributed by atoms with van der Waals surface area (Å²) >= 11 is 0. The Morgan fingerprint density at radius 2 is 2.29 bits per heavy atom. The molecule has 0 bridgehead atoms.